The fourth-order valence-electron chi connectivity index (χ4n) is 2.53. The van der Waals surface area contributed by atoms with Gasteiger partial charge in [-0.25, -0.2) is 12.8 Å². The molecule has 1 atom stereocenters. The van der Waals surface area contributed by atoms with Gasteiger partial charge < -0.3 is 5.32 Å². The maximum absolute atomic E-state index is 15.2. The van der Waals surface area contributed by atoms with E-state index >= 15 is 4.39 Å². The first-order chi connectivity index (χ1) is 12.9. The van der Waals surface area contributed by atoms with Crippen LogP contribution in [0.25, 0.3) is 0 Å². The molecule has 0 heterocycles. The summed E-state index contributed by atoms with van der Waals surface area (Å²) < 4.78 is 110. The monoisotopic (exact) mass is 426 g/mol. The molecule has 0 aliphatic heterocycles. The lowest BCUT2D eigenvalue weighted by Gasteiger charge is -2.36. The lowest BCUT2D eigenvalue weighted by atomic mass is 9.91. The van der Waals surface area contributed by atoms with Crippen LogP contribution >= 0.6 is 0 Å². The first-order valence-corrected chi connectivity index (χ1v) is 9.41. The van der Waals surface area contributed by atoms with Crippen LogP contribution in [0, 0.1) is 0 Å². The van der Waals surface area contributed by atoms with Gasteiger partial charge in [0.2, 0.25) is 10.0 Å². The van der Waals surface area contributed by atoms with Gasteiger partial charge >= 0.3 is 17.9 Å². The van der Waals surface area contributed by atoms with Crippen molar-refractivity contribution >= 4 is 15.7 Å². The van der Waals surface area contributed by atoms with Crippen molar-refractivity contribution in [2.45, 2.75) is 29.7 Å². The number of para-hydroxylation sites is 1. The average molecular weight is 426 g/mol. The molecule has 0 radical (unpaired) electrons. The second-order valence-corrected chi connectivity index (χ2v) is 7.41. The smallest absolute Gasteiger partial charge is 0.385 e. The predicted molar refractivity (Wildman–Crippen MR) is 91.2 cm³/mol. The van der Waals surface area contributed by atoms with Gasteiger partial charge in [-0.1, -0.05) is 36.4 Å². The minimum absolute atomic E-state index is 0.0201. The fraction of sp³-hybridized carbons (Fsp3) is 0.294. The summed E-state index contributed by atoms with van der Waals surface area (Å²) in [6.45, 7) is 1.49. The summed E-state index contributed by atoms with van der Waals surface area (Å²) in [5.74, 6) is 0. The third kappa shape index (κ3) is 3.95. The Hall–Kier alpha value is -2.27. The van der Waals surface area contributed by atoms with Crippen molar-refractivity contribution in [3.05, 3.63) is 60.2 Å². The number of sulfonamides is 1. The van der Waals surface area contributed by atoms with Crippen molar-refractivity contribution in [2.75, 3.05) is 11.9 Å². The van der Waals surface area contributed by atoms with E-state index in [4.69, 9.17) is 0 Å². The fourth-order valence-corrected chi connectivity index (χ4v) is 3.64. The Kier molecular flexibility index (Phi) is 6.00. The largest absolute Gasteiger partial charge is 0.434 e. The molecule has 0 fully saturated rings. The highest BCUT2D eigenvalue weighted by atomic mass is 32.2. The number of nitrogens with one attached hydrogen (secondary N) is 2. The van der Waals surface area contributed by atoms with Crippen molar-refractivity contribution in [3.63, 3.8) is 0 Å². The van der Waals surface area contributed by atoms with E-state index in [1.165, 1.54) is 31.2 Å². The minimum Gasteiger partial charge on any atom is -0.385 e. The number of alkyl halides is 6. The minimum atomic E-state index is -6.14. The van der Waals surface area contributed by atoms with Crippen LogP contribution in [0.2, 0.25) is 0 Å². The molecule has 0 saturated heterocycles. The van der Waals surface area contributed by atoms with Gasteiger partial charge in [0.15, 0.2) is 0 Å². The molecule has 2 N–H and O–H groups in total. The Balaban J connectivity index is 2.62. The molecular formula is C17H16F6N2O2S. The molecule has 0 amide bonds. The van der Waals surface area contributed by atoms with Gasteiger partial charge in [0.25, 0.3) is 0 Å². The zero-order chi connectivity index (χ0) is 21.2. The first kappa shape index (κ1) is 22.0. The Morgan fingerprint density at radius 1 is 0.857 bits per heavy atom. The highest BCUT2D eigenvalue weighted by molar-refractivity contribution is 7.89. The highest BCUT2D eigenvalue weighted by Gasteiger charge is 2.74. The van der Waals surface area contributed by atoms with Crippen molar-refractivity contribution in [1.29, 1.82) is 0 Å². The van der Waals surface area contributed by atoms with Gasteiger partial charge in [0.05, 0.1) is 4.90 Å². The molecule has 28 heavy (non-hydrogen) atoms. The Morgan fingerprint density at radius 3 is 1.93 bits per heavy atom. The van der Waals surface area contributed by atoms with E-state index in [0.717, 1.165) is 24.3 Å². The quantitative estimate of drug-likeness (QED) is 0.509. The maximum atomic E-state index is 15.2. The Bertz CT molecular complexity index is 919. The molecule has 4 nitrogen and oxygen atoms in total. The Morgan fingerprint density at radius 2 is 1.39 bits per heavy atom. The second-order valence-electron chi connectivity index (χ2n) is 5.73. The molecule has 0 aliphatic carbocycles. The standard InChI is InChI=1S/C17H16F6N2O2S/c1-2-24-14-11-7-6-10-13(14)15(18,16(19,20)21)17(22,23)25-28(26,27)12-8-4-3-5-9-12/h3-11,24-25H,2H2,1H3. The van der Waals surface area contributed by atoms with Crippen LogP contribution in [0.4, 0.5) is 32.0 Å². The molecule has 154 valence electrons. The molecule has 1 unspecified atom stereocenters. The normalized spacial score (nSPS) is 15.1. The van der Waals surface area contributed by atoms with Crippen molar-refractivity contribution in [2.24, 2.45) is 0 Å². The molecule has 2 aromatic rings. The highest BCUT2D eigenvalue weighted by Crippen LogP contribution is 2.53. The number of benzene rings is 2. The van der Waals surface area contributed by atoms with Crippen LogP contribution in [0.15, 0.2) is 59.5 Å². The van der Waals surface area contributed by atoms with Crippen LogP contribution in [0.1, 0.15) is 12.5 Å². The van der Waals surface area contributed by atoms with E-state index in [9.17, 15) is 30.4 Å². The molecule has 0 aromatic heterocycles. The molecule has 0 saturated carbocycles. The van der Waals surface area contributed by atoms with E-state index in [1.807, 2.05) is 0 Å². The molecular weight excluding hydrogens is 410 g/mol. The summed E-state index contributed by atoms with van der Waals surface area (Å²) >= 11 is 0. The van der Waals surface area contributed by atoms with Gasteiger partial charge in [0.1, 0.15) is 0 Å². The zero-order valence-electron chi connectivity index (χ0n) is 14.4. The van der Waals surface area contributed by atoms with Gasteiger partial charge in [-0.05, 0) is 25.1 Å². The molecule has 0 bridgehead atoms. The summed E-state index contributed by atoms with van der Waals surface area (Å²) in [5.41, 5.74) is -7.31. The van der Waals surface area contributed by atoms with Crippen LogP contribution in [-0.2, 0) is 15.7 Å². The van der Waals surface area contributed by atoms with Gasteiger partial charge in [-0.15, -0.1) is 4.72 Å². The maximum Gasteiger partial charge on any atom is 0.434 e. The topological polar surface area (TPSA) is 58.2 Å². The number of hydrogen-bond acceptors (Lipinski definition) is 3. The van der Waals surface area contributed by atoms with E-state index in [0.29, 0.717) is 10.8 Å². The number of hydrogen-bond donors (Lipinski definition) is 2. The van der Waals surface area contributed by atoms with E-state index in [-0.39, 0.29) is 6.54 Å². The number of rotatable bonds is 7. The van der Waals surface area contributed by atoms with Gasteiger partial charge in [0, 0.05) is 17.8 Å². The summed E-state index contributed by atoms with van der Waals surface area (Å²) in [6, 6.07) is 3.64. The third-order valence-corrected chi connectivity index (χ3v) is 5.22. The number of halogens is 6. The van der Waals surface area contributed by atoms with Crippen LogP contribution in [0.3, 0.4) is 0 Å². The summed E-state index contributed by atoms with van der Waals surface area (Å²) in [4.78, 5) is -0.737. The van der Waals surface area contributed by atoms with Crippen molar-refractivity contribution in [3.8, 4) is 0 Å². The lowest BCUT2D eigenvalue weighted by Crippen LogP contribution is -2.61. The first-order valence-electron chi connectivity index (χ1n) is 7.92. The van der Waals surface area contributed by atoms with Crippen molar-refractivity contribution < 1.29 is 34.8 Å². The van der Waals surface area contributed by atoms with Crippen LogP contribution in [-0.4, -0.2) is 27.2 Å². The molecule has 0 aliphatic rings. The SMILES string of the molecule is CCNc1ccccc1C(F)(C(F)(F)F)C(F)(F)NS(=O)(=O)c1ccccc1. The van der Waals surface area contributed by atoms with Crippen LogP contribution < -0.4 is 10.0 Å². The van der Waals surface area contributed by atoms with E-state index in [2.05, 4.69) is 5.32 Å². The third-order valence-electron chi connectivity index (χ3n) is 3.80. The lowest BCUT2D eigenvalue weighted by molar-refractivity contribution is -0.312. The molecule has 0 spiro atoms. The average Bonchev–Trinajstić information content (AvgIpc) is 2.60. The van der Waals surface area contributed by atoms with E-state index < -0.39 is 44.1 Å². The van der Waals surface area contributed by atoms with Crippen LogP contribution in [0.5, 0.6) is 0 Å². The Labute approximate surface area is 157 Å². The molecule has 2 aromatic carbocycles. The van der Waals surface area contributed by atoms with E-state index in [1.54, 1.807) is 0 Å². The number of anilines is 1. The van der Waals surface area contributed by atoms with Gasteiger partial charge in [-0.3, -0.25) is 0 Å². The van der Waals surface area contributed by atoms with Gasteiger partial charge in [-0.2, -0.15) is 22.0 Å². The van der Waals surface area contributed by atoms with Crippen molar-refractivity contribution in [1.82, 2.24) is 4.72 Å². The predicted octanol–water partition coefficient (Wildman–Crippen LogP) is 4.42. The summed E-state index contributed by atoms with van der Waals surface area (Å²) in [5, 5.41) is 2.37. The summed E-state index contributed by atoms with van der Waals surface area (Å²) in [7, 11) is -5.15. The second kappa shape index (κ2) is 7.63. The molecule has 11 heteroatoms. The zero-order valence-corrected chi connectivity index (χ0v) is 15.2. The molecule has 2 rings (SSSR count). The summed E-state index contributed by atoms with van der Waals surface area (Å²) in [6.07, 6.45) is -6.14.